The summed E-state index contributed by atoms with van der Waals surface area (Å²) in [5.41, 5.74) is 8.57. The molecule has 0 bridgehead atoms. The van der Waals surface area contributed by atoms with Gasteiger partial charge in [-0.25, -0.2) is 0 Å². The van der Waals surface area contributed by atoms with Crippen LogP contribution in [0.25, 0.3) is 0 Å². The van der Waals surface area contributed by atoms with Crippen LogP contribution in [0.5, 0.6) is 0 Å². The van der Waals surface area contributed by atoms with Gasteiger partial charge in [-0.05, 0) is 41.5 Å². The number of hydrogen-bond acceptors (Lipinski definition) is 3. The molecule has 4 rings (SSSR count). The summed E-state index contributed by atoms with van der Waals surface area (Å²) in [5, 5.41) is 4.97. The van der Waals surface area contributed by atoms with Gasteiger partial charge in [0.15, 0.2) is 0 Å². The van der Waals surface area contributed by atoms with E-state index >= 15 is 0 Å². The van der Waals surface area contributed by atoms with Gasteiger partial charge in [-0.15, -0.1) is 0 Å². The Kier molecular flexibility index (Phi) is 6.20. The Morgan fingerprint density at radius 3 is 1.70 bits per heavy atom. The van der Waals surface area contributed by atoms with E-state index < -0.39 is 13.3 Å². The average Bonchev–Trinajstić information content (AvgIpc) is 2.84. The molecule has 5 heteroatoms. The van der Waals surface area contributed by atoms with Crippen LogP contribution in [-0.2, 0) is 4.57 Å². The van der Waals surface area contributed by atoms with Crippen LogP contribution in [0, 0.1) is 0 Å². The van der Waals surface area contributed by atoms with E-state index in [2.05, 4.69) is 10.1 Å². The van der Waals surface area contributed by atoms with Gasteiger partial charge in [0.2, 0.25) is 7.29 Å². The molecule has 0 fully saturated rings. The highest BCUT2D eigenvalue weighted by Gasteiger charge is 2.33. The summed E-state index contributed by atoms with van der Waals surface area (Å²) in [5.74, 6) is 0. The van der Waals surface area contributed by atoms with Crippen LogP contribution in [0.1, 0.15) is 23.2 Å². The summed E-state index contributed by atoms with van der Waals surface area (Å²) in [4.78, 5) is 4.22. The summed E-state index contributed by atoms with van der Waals surface area (Å²) in [6.45, 7) is 0. The third-order valence-electron chi connectivity index (χ3n) is 5.15. The number of aromatic nitrogens is 1. The molecular weight excluding hydrogens is 389 g/mol. The van der Waals surface area contributed by atoms with Crippen molar-refractivity contribution in [3.05, 3.63) is 127 Å². The number of rotatable bonds is 7. The van der Waals surface area contributed by atoms with Crippen molar-refractivity contribution in [3.63, 3.8) is 0 Å². The lowest BCUT2D eigenvalue weighted by Gasteiger charge is -2.31. The minimum atomic E-state index is -3.17. The summed E-state index contributed by atoms with van der Waals surface area (Å²) in [6.07, 6.45) is 3.48. The quantitative estimate of drug-likeness (QED) is 0.442. The molecule has 0 spiro atoms. The molecular formula is C25H24N3OP. The Morgan fingerprint density at radius 1 is 0.700 bits per heavy atom. The first-order chi connectivity index (χ1) is 14.7. The molecule has 0 aliphatic heterocycles. The Bertz CT molecular complexity index is 1060. The molecule has 0 saturated carbocycles. The summed E-state index contributed by atoms with van der Waals surface area (Å²) in [7, 11) is -3.17. The van der Waals surface area contributed by atoms with Gasteiger partial charge in [-0.1, -0.05) is 72.8 Å². The maximum Gasteiger partial charge on any atom is 0.205 e. The van der Waals surface area contributed by atoms with Crippen LogP contribution < -0.4 is 21.4 Å². The molecule has 0 saturated heterocycles. The first-order valence-electron chi connectivity index (χ1n) is 9.88. The van der Waals surface area contributed by atoms with E-state index in [1.165, 1.54) is 0 Å². The molecule has 0 radical (unpaired) electrons. The number of nitrogens with one attached hydrogen (secondary N) is 1. The van der Waals surface area contributed by atoms with Gasteiger partial charge in [-0.3, -0.25) is 14.6 Å². The van der Waals surface area contributed by atoms with E-state index in [9.17, 15) is 4.57 Å². The smallest absolute Gasteiger partial charge is 0.205 e. The zero-order valence-electron chi connectivity index (χ0n) is 16.5. The zero-order valence-corrected chi connectivity index (χ0v) is 17.4. The van der Waals surface area contributed by atoms with E-state index in [1.54, 1.807) is 12.4 Å². The lowest BCUT2D eigenvalue weighted by atomic mass is 9.96. The van der Waals surface area contributed by atoms with E-state index in [4.69, 9.17) is 5.73 Å². The molecule has 3 N–H and O–H groups in total. The minimum absolute atomic E-state index is 0.373. The van der Waals surface area contributed by atoms with E-state index in [1.807, 2.05) is 103 Å². The average molecular weight is 413 g/mol. The van der Waals surface area contributed by atoms with Crippen molar-refractivity contribution in [3.8, 4) is 0 Å². The van der Waals surface area contributed by atoms with Crippen molar-refractivity contribution in [2.24, 2.45) is 5.73 Å². The largest absolute Gasteiger partial charge is 0.322 e. The van der Waals surface area contributed by atoms with E-state index in [-0.39, 0.29) is 6.04 Å². The third kappa shape index (κ3) is 4.27. The molecule has 0 amide bonds. The predicted octanol–water partition coefficient (Wildman–Crippen LogP) is 4.34. The Hall–Kier alpha value is -3.04. The van der Waals surface area contributed by atoms with Gasteiger partial charge in [0.1, 0.15) is 0 Å². The minimum Gasteiger partial charge on any atom is -0.322 e. The first-order valence-corrected chi connectivity index (χ1v) is 11.6. The van der Waals surface area contributed by atoms with Crippen LogP contribution in [0.4, 0.5) is 0 Å². The molecule has 2 atom stereocenters. The van der Waals surface area contributed by atoms with Gasteiger partial charge in [0.25, 0.3) is 0 Å². The molecule has 150 valence electrons. The highest BCUT2D eigenvalue weighted by atomic mass is 31.2. The fourth-order valence-corrected chi connectivity index (χ4v) is 6.04. The van der Waals surface area contributed by atoms with Crippen molar-refractivity contribution >= 4 is 17.9 Å². The number of benzene rings is 3. The number of pyridine rings is 1. The second-order valence-corrected chi connectivity index (χ2v) is 9.62. The molecule has 3 aromatic carbocycles. The van der Waals surface area contributed by atoms with Crippen molar-refractivity contribution in [2.45, 2.75) is 12.1 Å². The van der Waals surface area contributed by atoms with Crippen molar-refractivity contribution in [1.29, 1.82) is 0 Å². The summed E-state index contributed by atoms with van der Waals surface area (Å²) >= 11 is 0. The highest BCUT2D eigenvalue weighted by Crippen LogP contribution is 2.44. The van der Waals surface area contributed by atoms with Crippen molar-refractivity contribution in [2.75, 3.05) is 0 Å². The molecule has 4 nitrogen and oxygen atoms in total. The topological polar surface area (TPSA) is 68.0 Å². The number of hydrogen-bond donors (Lipinski definition) is 2. The fraction of sp³-hybridized carbons (Fsp3) is 0.0800. The van der Waals surface area contributed by atoms with Crippen LogP contribution in [0.3, 0.4) is 0 Å². The fourth-order valence-electron chi connectivity index (χ4n) is 3.56. The molecule has 30 heavy (non-hydrogen) atoms. The molecule has 0 aliphatic rings. The lowest BCUT2D eigenvalue weighted by molar-refractivity contribution is 0.510. The molecule has 1 heterocycles. The van der Waals surface area contributed by atoms with Crippen molar-refractivity contribution < 1.29 is 4.57 Å². The van der Waals surface area contributed by atoms with E-state index in [0.717, 1.165) is 21.7 Å². The van der Waals surface area contributed by atoms with Gasteiger partial charge in [0, 0.05) is 23.0 Å². The van der Waals surface area contributed by atoms with Crippen LogP contribution in [0.15, 0.2) is 116 Å². The van der Waals surface area contributed by atoms with Crippen LogP contribution in [-0.4, -0.2) is 4.98 Å². The second kappa shape index (κ2) is 9.19. The standard InChI is InChI=1S/C25H24N3OP/c26-24(21-13-10-18-27-19-21)25(20-11-4-1-5-12-20)28-30(29,22-14-6-2-7-15-22)23-16-8-3-9-17-23/h1-19,24-25H,26H2,(H,28,29). The monoisotopic (exact) mass is 413 g/mol. The predicted molar refractivity (Wildman–Crippen MR) is 123 cm³/mol. The Labute approximate surface area is 177 Å². The third-order valence-corrected chi connectivity index (χ3v) is 7.84. The van der Waals surface area contributed by atoms with Crippen LogP contribution >= 0.6 is 7.29 Å². The van der Waals surface area contributed by atoms with Gasteiger partial charge >= 0.3 is 0 Å². The highest BCUT2D eigenvalue weighted by molar-refractivity contribution is 7.76. The maximum absolute atomic E-state index is 14.6. The molecule has 0 aliphatic carbocycles. The summed E-state index contributed by atoms with van der Waals surface area (Å²) < 4.78 is 14.6. The van der Waals surface area contributed by atoms with Gasteiger partial charge in [-0.2, -0.15) is 0 Å². The molecule has 4 aromatic rings. The SMILES string of the molecule is NC(c1cccnc1)C(NP(=O)(c1ccccc1)c1ccccc1)c1ccccc1. The number of nitrogens with zero attached hydrogens (tertiary/aromatic N) is 1. The summed E-state index contributed by atoms with van der Waals surface area (Å²) in [6, 6.07) is 32.0. The number of nitrogens with two attached hydrogens (primary N) is 1. The lowest BCUT2D eigenvalue weighted by Crippen LogP contribution is -2.36. The van der Waals surface area contributed by atoms with Gasteiger partial charge < -0.3 is 5.73 Å². The Balaban J connectivity index is 1.82. The Morgan fingerprint density at radius 2 is 1.20 bits per heavy atom. The van der Waals surface area contributed by atoms with Crippen molar-refractivity contribution in [1.82, 2.24) is 10.1 Å². The van der Waals surface area contributed by atoms with E-state index in [0.29, 0.717) is 0 Å². The van der Waals surface area contributed by atoms with Gasteiger partial charge in [0.05, 0.1) is 12.1 Å². The molecule has 1 aromatic heterocycles. The molecule has 2 unspecified atom stereocenters. The van der Waals surface area contributed by atoms with Crippen LogP contribution in [0.2, 0.25) is 0 Å². The zero-order chi connectivity index (χ0) is 20.8. The second-order valence-electron chi connectivity index (χ2n) is 7.11. The maximum atomic E-state index is 14.6. The normalized spacial score (nSPS) is 13.5. The first kappa shape index (κ1) is 20.2.